The molecule has 2 heterocycles. The zero-order chi connectivity index (χ0) is 22.1. The molecule has 31 heavy (non-hydrogen) atoms. The number of aliphatic hydroxyl groups is 1. The van der Waals surface area contributed by atoms with Crippen LogP contribution in [0.3, 0.4) is 0 Å². The Morgan fingerprint density at radius 3 is 2.61 bits per heavy atom. The van der Waals surface area contributed by atoms with Gasteiger partial charge < -0.3 is 9.84 Å². The molecule has 1 fully saturated rings. The lowest BCUT2D eigenvalue weighted by molar-refractivity contribution is -0.132. The van der Waals surface area contributed by atoms with Crippen LogP contribution in [-0.2, 0) is 9.59 Å². The van der Waals surface area contributed by atoms with Crippen LogP contribution in [0.1, 0.15) is 29.0 Å². The van der Waals surface area contributed by atoms with E-state index in [1.54, 1.807) is 48.5 Å². The molecule has 5 nitrogen and oxygen atoms in total. The Morgan fingerprint density at radius 1 is 1.16 bits per heavy atom. The van der Waals surface area contributed by atoms with Gasteiger partial charge in [0.1, 0.15) is 17.6 Å². The number of nitrogens with zero attached hydrogens (tertiary/aromatic N) is 1. The van der Waals surface area contributed by atoms with Crippen molar-refractivity contribution in [2.75, 3.05) is 11.5 Å². The fourth-order valence-corrected chi connectivity index (χ4v) is 4.90. The first kappa shape index (κ1) is 21.2. The molecule has 1 N–H and O–H groups in total. The highest BCUT2D eigenvalue weighted by Gasteiger charge is 2.48. The van der Waals surface area contributed by atoms with Crippen molar-refractivity contribution in [2.24, 2.45) is 0 Å². The van der Waals surface area contributed by atoms with Crippen LogP contribution in [0.25, 0.3) is 5.76 Å². The molecule has 1 unspecified atom stereocenters. The van der Waals surface area contributed by atoms with E-state index in [2.05, 4.69) is 0 Å². The van der Waals surface area contributed by atoms with Gasteiger partial charge in [-0.15, -0.1) is 11.3 Å². The van der Waals surface area contributed by atoms with Gasteiger partial charge in [0.2, 0.25) is 0 Å². The van der Waals surface area contributed by atoms with E-state index in [0.717, 1.165) is 10.4 Å². The molecule has 4 rings (SSSR count). The van der Waals surface area contributed by atoms with E-state index in [1.807, 2.05) is 25.3 Å². The number of Topliss-reactive ketones (excluding diaryl/α,β-unsaturated/α-hetero) is 1. The Hall–Kier alpha value is -3.09. The molecule has 0 spiro atoms. The number of benzene rings is 2. The number of carbonyl (C=O) groups is 2. The maximum absolute atomic E-state index is 13.1. The smallest absolute Gasteiger partial charge is 0.300 e. The average Bonchev–Trinajstić information content (AvgIpc) is 3.28. The summed E-state index contributed by atoms with van der Waals surface area (Å²) in [7, 11) is 0. The lowest BCUT2D eigenvalue weighted by Gasteiger charge is -2.25. The highest BCUT2D eigenvalue weighted by molar-refractivity contribution is 7.10. The Kier molecular flexibility index (Phi) is 5.85. The van der Waals surface area contributed by atoms with Crippen LogP contribution in [0.2, 0.25) is 5.02 Å². The number of thiophene rings is 1. The van der Waals surface area contributed by atoms with E-state index in [-0.39, 0.29) is 11.3 Å². The van der Waals surface area contributed by atoms with Crippen LogP contribution in [0, 0.1) is 6.92 Å². The van der Waals surface area contributed by atoms with Crippen molar-refractivity contribution in [3.05, 3.63) is 86.6 Å². The summed E-state index contributed by atoms with van der Waals surface area (Å²) in [5.41, 5.74) is 1.88. The zero-order valence-electron chi connectivity index (χ0n) is 17.0. The van der Waals surface area contributed by atoms with Crippen LogP contribution in [0.4, 0.5) is 5.69 Å². The van der Waals surface area contributed by atoms with Crippen LogP contribution < -0.4 is 9.64 Å². The maximum Gasteiger partial charge on any atom is 0.300 e. The molecule has 3 aromatic rings. The van der Waals surface area contributed by atoms with Crippen molar-refractivity contribution < 1.29 is 19.4 Å². The number of ether oxygens (including phenoxy) is 1. The number of carbonyl (C=O) groups excluding carboxylic acids is 2. The van der Waals surface area contributed by atoms with E-state index in [4.69, 9.17) is 16.3 Å². The number of amides is 1. The topological polar surface area (TPSA) is 66.8 Å². The molecule has 0 aliphatic carbocycles. The van der Waals surface area contributed by atoms with Gasteiger partial charge >= 0.3 is 0 Å². The van der Waals surface area contributed by atoms with E-state index < -0.39 is 17.7 Å². The third-order valence-electron chi connectivity index (χ3n) is 5.10. The Balaban J connectivity index is 1.93. The molecule has 1 aromatic heterocycles. The Morgan fingerprint density at radius 2 is 1.94 bits per heavy atom. The molecule has 7 heteroatoms. The van der Waals surface area contributed by atoms with Gasteiger partial charge in [-0.1, -0.05) is 29.8 Å². The van der Waals surface area contributed by atoms with E-state index in [1.165, 1.54) is 16.2 Å². The number of aryl methyl sites for hydroxylation is 1. The Labute approximate surface area is 189 Å². The standard InChI is InChI=1S/C24H20ClNO4S/c1-3-30-18-9-4-6-15(12-18)21(27)19-20(23-14(2)10-11-31-23)26(24(29)22(19)28)17-8-5-7-16(25)13-17/h4-13,20,27H,3H2,1-2H3/b21-19-. The summed E-state index contributed by atoms with van der Waals surface area (Å²) >= 11 is 7.59. The zero-order valence-corrected chi connectivity index (χ0v) is 18.5. The maximum atomic E-state index is 13.1. The lowest BCUT2D eigenvalue weighted by Crippen LogP contribution is -2.29. The van der Waals surface area contributed by atoms with E-state index in [9.17, 15) is 14.7 Å². The Bertz CT molecular complexity index is 1200. The fraction of sp³-hybridized carbons (Fsp3) is 0.167. The number of hydrogen-bond donors (Lipinski definition) is 1. The summed E-state index contributed by atoms with van der Waals surface area (Å²) in [6.45, 7) is 4.25. The second kappa shape index (κ2) is 8.57. The average molecular weight is 454 g/mol. The normalized spacial score (nSPS) is 17.9. The number of hydrogen-bond acceptors (Lipinski definition) is 5. The molecule has 0 radical (unpaired) electrons. The van der Waals surface area contributed by atoms with E-state index >= 15 is 0 Å². The minimum absolute atomic E-state index is 0.0455. The monoisotopic (exact) mass is 453 g/mol. The second-order valence-corrected chi connectivity index (χ2v) is 8.46. The molecular formula is C24H20ClNO4S. The van der Waals surface area contributed by atoms with Crippen molar-refractivity contribution in [1.29, 1.82) is 0 Å². The van der Waals surface area contributed by atoms with Gasteiger partial charge in [0, 0.05) is 21.2 Å². The van der Waals surface area contributed by atoms with Gasteiger partial charge in [0.25, 0.3) is 11.7 Å². The first-order valence-electron chi connectivity index (χ1n) is 9.76. The van der Waals surface area contributed by atoms with Crippen molar-refractivity contribution in [3.8, 4) is 5.75 Å². The van der Waals surface area contributed by atoms with Gasteiger partial charge in [-0.05, 0) is 61.2 Å². The first-order chi connectivity index (χ1) is 14.9. The van der Waals surface area contributed by atoms with Gasteiger partial charge in [0.05, 0.1) is 12.2 Å². The first-order valence-corrected chi connectivity index (χ1v) is 11.0. The minimum Gasteiger partial charge on any atom is -0.507 e. The summed E-state index contributed by atoms with van der Waals surface area (Å²) in [6.07, 6.45) is 0. The summed E-state index contributed by atoms with van der Waals surface area (Å²) in [5, 5.41) is 13.5. The third-order valence-corrected chi connectivity index (χ3v) is 6.41. The molecule has 0 saturated carbocycles. The summed E-state index contributed by atoms with van der Waals surface area (Å²) in [4.78, 5) is 28.5. The molecule has 1 aliphatic heterocycles. The number of ketones is 1. The number of anilines is 1. The fourth-order valence-electron chi connectivity index (χ4n) is 3.69. The van der Waals surface area contributed by atoms with Crippen LogP contribution >= 0.6 is 22.9 Å². The van der Waals surface area contributed by atoms with Gasteiger partial charge in [-0.25, -0.2) is 0 Å². The highest BCUT2D eigenvalue weighted by atomic mass is 35.5. The van der Waals surface area contributed by atoms with Crippen LogP contribution in [0.5, 0.6) is 5.75 Å². The summed E-state index contributed by atoms with van der Waals surface area (Å²) < 4.78 is 5.52. The van der Waals surface area contributed by atoms with Gasteiger partial charge in [-0.3, -0.25) is 14.5 Å². The molecule has 1 atom stereocenters. The molecular weight excluding hydrogens is 434 g/mol. The van der Waals surface area contributed by atoms with Crippen molar-refractivity contribution in [3.63, 3.8) is 0 Å². The van der Waals surface area contributed by atoms with Crippen molar-refractivity contribution in [1.82, 2.24) is 0 Å². The number of rotatable bonds is 5. The van der Waals surface area contributed by atoms with Crippen molar-refractivity contribution >= 4 is 46.1 Å². The summed E-state index contributed by atoms with van der Waals surface area (Å²) in [5.74, 6) is -1.11. The molecule has 1 amide bonds. The minimum atomic E-state index is -0.755. The molecule has 158 valence electrons. The molecule has 2 aromatic carbocycles. The second-order valence-electron chi connectivity index (χ2n) is 7.08. The molecule has 0 bridgehead atoms. The largest absolute Gasteiger partial charge is 0.507 e. The van der Waals surface area contributed by atoms with E-state index in [0.29, 0.717) is 28.6 Å². The van der Waals surface area contributed by atoms with Gasteiger partial charge in [0.15, 0.2) is 0 Å². The SMILES string of the molecule is CCOc1cccc(/C(O)=C2/C(=O)C(=O)N(c3cccc(Cl)c3)C2c2sccc2C)c1. The van der Waals surface area contributed by atoms with Crippen LogP contribution in [0.15, 0.2) is 65.6 Å². The van der Waals surface area contributed by atoms with Crippen molar-refractivity contribution in [2.45, 2.75) is 19.9 Å². The molecule has 1 aliphatic rings. The highest BCUT2D eigenvalue weighted by Crippen LogP contribution is 2.45. The number of halogens is 1. The molecule has 1 saturated heterocycles. The van der Waals surface area contributed by atoms with Gasteiger partial charge in [-0.2, -0.15) is 0 Å². The third kappa shape index (κ3) is 3.84. The summed E-state index contributed by atoms with van der Waals surface area (Å²) in [6, 6.07) is 14.8. The predicted molar refractivity (Wildman–Crippen MR) is 123 cm³/mol. The predicted octanol–water partition coefficient (Wildman–Crippen LogP) is 5.73. The lowest BCUT2D eigenvalue weighted by atomic mass is 9.98. The van der Waals surface area contributed by atoms with Crippen LogP contribution in [-0.4, -0.2) is 23.4 Å². The number of aliphatic hydroxyl groups excluding tert-OH is 1. The quantitative estimate of drug-likeness (QED) is 0.304.